The lowest BCUT2D eigenvalue weighted by Crippen LogP contribution is -2.59. The van der Waals surface area contributed by atoms with Crippen molar-refractivity contribution in [2.24, 2.45) is 0 Å². The number of allylic oxidation sites excluding steroid dienone is 2. The number of unbranched alkanes of at least 4 members (excludes halogenated alkanes) is 17. The molecule has 0 aliphatic carbocycles. The molecule has 1 saturated heterocycles. The third kappa shape index (κ3) is 21.4. The van der Waals surface area contributed by atoms with E-state index < -0.39 is 43.4 Å². The summed E-state index contributed by atoms with van der Waals surface area (Å²) in [4.78, 5) is 12.6. The molecule has 0 bridgehead atoms. The fourth-order valence-electron chi connectivity index (χ4n) is 5.47. The Bertz CT molecular complexity index is 702. The van der Waals surface area contributed by atoms with Gasteiger partial charge in [0.1, 0.15) is 30.5 Å². The maximum absolute atomic E-state index is 12.6. The van der Waals surface area contributed by atoms with Crippen LogP contribution in [0.15, 0.2) is 12.2 Å². The van der Waals surface area contributed by atoms with Gasteiger partial charge in [-0.05, 0) is 32.1 Å². The van der Waals surface area contributed by atoms with Gasteiger partial charge in [0.15, 0.2) is 6.29 Å². The fourth-order valence-corrected chi connectivity index (χ4v) is 5.47. The molecule has 6 atom stereocenters. The minimum absolute atomic E-state index is 0.113. The molecule has 1 fully saturated rings. The average Bonchev–Trinajstić information content (AvgIpc) is 3.04. The number of rotatable bonds is 30. The molecule has 1 aliphatic rings. The van der Waals surface area contributed by atoms with Crippen LogP contribution in [0.1, 0.15) is 149 Å². The third-order valence-electron chi connectivity index (χ3n) is 8.43. The zero-order valence-corrected chi connectivity index (χ0v) is 28.6. The minimum Gasteiger partial charge on any atom is -0.457 e. The predicted molar refractivity (Wildman–Crippen MR) is 178 cm³/mol. The first-order valence-electron chi connectivity index (χ1n) is 18.3. The molecule has 1 aliphatic heterocycles. The summed E-state index contributed by atoms with van der Waals surface area (Å²) in [6.45, 7) is 4.49. The van der Waals surface area contributed by atoms with Crippen LogP contribution in [-0.4, -0.2) is 89.6 Å². The second-order valence-corrected chi connectivity index (χ2v) is 12.7. The van der Waals surface area contributed by atoms with Gasteiger partial charge in [-0.3, -0.25) is 4.79 Å². The monoisotopic (exact) mass is 644 g/mol. The van der Waals surface area contributed by atoms with Crippen LogP contribution in [-0.2, 0) is 23.7 Å². The highest BCUT2D eigenvalue weighted by molar-refractivity contribution is 5.69. The molecule has 0 radical (unpaired) electrons. The highest BCUT2D eigenvalue weighted by Gasteiger charge is 2.44. The van der Waals surface area contributed by atoms with Crippen LogP contribution < -0.4 is 0 Å². The SMILES string of the molecule is CCCC/C=C\CCCCCCCC(=O)OC(COCCCCCCCCCCCCC)COC1OC(CO)C(O)C(O)C1O. The Labute approximate surface area is 274 Å². The van der Waals surface area contributed by atoms with E-state index in [4.69, 9.17) is 18.9 Å². The van der Waals surface area contributed by atoms with Gasteiger partial charge < -0.3 is 39.4 Å². The molecule has 1 heterocycles. The van der Waals surface area contributed by atoms with Crippen molar-refractivity contribution in [2.75, 3.05) is 26.4 Å². The van der Waals surface area contributed by atoms with Crippen LogP contribution in [0.5, 0.6) is 0 Å². The maximum Gasteiger partial charge on any atom is 0.306 e. The Kier molecular flexibility index (Phi) is 27.1. The first-order valence-corrected chi connectivity index (χ1v) is 18.3. The number of carbonyl (C=O) groups excluding carboxylic acids is 1. The Morgan fingerprint density at radius 2 is 1.24 bits per heavy atom. The fraction of sp³-hybridized carbons (Fsp3) is 0.917. The molecule has 45 heavy (non-hydrogen) atoms. The lowest BCUT2D eigenvalue weighted by Gasteiger charge is -2.39. The van der Waals surface area contributed by atoms with E-state index >= 15 is 0 Å². The Morgan fingerprint density at radius 3 is 1.87 bits per heavy atom. The quantitative estimate of drug-likeness (QED) is 0.0392. The number of aliphatic hydroxyl groups excluding tert-OH is 4. The Balaban J connectivity index is 2.36. The van der Waals surface area contributed by atoms with E-state index in [-0.39, 0.29) is 19.2 Å². The third-order valence-corrected chi connectivity index (χ3v) is 8.43. The van der Waals surface area contributed by atoms with E-state index in [1.165, 1.54) is 77.0 Å². The summed E-state index contributed by atoms with van der Waals surface area (Å²) in [6.07, 6.45) is 20.9. The molecule has 0 aromatic carbocycles. The topological polar surface area (TPSA) is 135 Å². The minimum atomic E-state index is -1.53. The Hall–Kier alpha value is -1.07. The number of carbonyl (C=O) groups is 1. The smallest absolute Gasteiger partial charge is 0.306 e. The van der Waals surface area contributed by atoms with E-state index in [1.807, 2.05) is 0 Å². The van der Waals surface area contributed by atoms with Crippen LogP contribution >= 0.6 is 0 Å². The predicted octanol–water partition coefficient (Wildman–Crippen LogP) is 6.52. The molecule has 266 valence electrons. The van der Waals surface area contributed by atoms with Crippen molar-refractivity contribution in [1.29, 1.82) is 0 Å². The molecule has 0 amide bonds. The summed E-state index contributed by atoms with van der Waals surface area (Å²) in [6, 6.07) is 0. The van der Waals surface area contributed by atoms with Gasteiger partial charge in [-0.25, -0.2) is 0 Å². The standard InChI is InChI=1S/C36H68O9/c1-3-5-7-9-11-13-15-17-19-21-23-25-32(38)44-30(29-43-36-35(41)34(40)33(39)31(27-37)45-36)28-42-26-24-22-20-18-16-14-12-10-8-6-4-2/h9,11,30-31,33-37,39-41H,3-8,10,12-29H2,1-2H3/b11-9-. The van der Waals surface area contributed by atoms with E-state index in [9.17, 15) is 25.2 Å². The number of esters is 1. The zero-order valence-electron chi connectivity index (χ0n) is 28.6. The summed E-state index contributed by atoms with van der Waals surface area (Å²) in [5, 5.41) is 39.8. The normalized spacial score (nSPS) is 22.7. The van der Waals surface area contributed by atoms with E-state index in [1.54, 1.807) is 0 Å². The van der Waals surface area contributed by atoms with Gasteiger partial charge in [-0.15, -0.1) is 0 Å². The van der Waals surface area contributed by atoms with Crippen molar-refractivity contribution in [2.45, 2.75) is 185 Å². The average molecular weight is 645 g/mol. The van der Waals surface area contributed by atoms with Gasteiger partial charge in [-0.2, -0.15) is 0 Å². The summed E-state index contributed by atoms with van der Waals surface area (Å²) in [5.74, 6) is -0.324. The van der Waals surface area contributed by atoms with Crippen molar-refractivity contribution in [1.82, 2.24) is 0 Å². The van der Waals surface area contributed by atoms with Crippen molar-refractivity contribution in [3.63, 3.8) is 0 Å². The van der Waals surface area contributed by atoms with Crippen LogP contribution in [0.25, 0.3) is 0 Å². The number of hydrogen-bond acceptors (Lipinski definition) is 9. The number of hydrogen-bond donors (Lipinski definition) is 4. The maximum atomic E-state index is 12.6. The number of ether oxygens (including phenoxy) is 4. The molecular formula is C36H68O9. The van der Waals surface area contributed by atoms with E-state index in [0.717, 1.165) is 51.4 Å². The lowest BCUT2D eigenvalue weighted by molar-refractivity contribution is -0.305. The van der Waals surface area contributed by atoms with Gasteiger partial charge in [0.05, 0.1) is 19.8 Å². The summed E-state index contributed by atoms with van der Waals surface area (Å²) in [7, 11) is 0. The van der Waals surface area contributed by atoms with Gasteiger partial charge in [0.2, 0.25) is 0 Å². The van der Waals surface area contributed by atoms with Crippen LogP contribution in [0.3, 0.4) is 0 Å². The van der Waals surface area contributed by atoms with Gasteiger partial charge in [-0.1, -0.05) is 122 Å². The molecular weight excluding hydrogens is 576 g/mol. The molecule has 6 unspecified atom stereocenters. The second kappa shape index (κ2) is 29.1. The molecule has 1 rings (SSSR count). The zero-order chi connectivity index (χ0) is 33.0. The Morgan fingerprint density at radius 1 is 0.689 bits per heavy atom. The van der Waals surface area contributed by atoms with Crippen LogP contribution in [0.4, 0.5) is 0 Å². The molecule has 0 aromatic rings. The molecule has 0 saturated carbocycles. The summed E-state index contributed by atoms with van der Waals surface area (Å²) in [5.41, 5.74) is 0. The number of aliphatic hydroxyl groups is 4. The first-order chi connectivity index (χ1) is 21.9. The molecule has 4 N–H and O–H groups in total. The molecule has 9 nitrogen and oxygen atoms in total. The van der Waals surface area contributed by atoms with Gasteiger partial charge >= 0.3 is 5.97 Å². The van der Waals surface area contributed by atoms with E-state index in [2.05, 4.69) is 26.0 Å². The summed E-state index contributed by atoms with van der Waals surface area (Å²) < 4.78 is 22.6. The summed E-state index contributed by atoms with van der Waals surface area (Å²) >= 11 is 0. The molecule has 0 aromatic heterocycles. The lowest BCUT2D eigenvalue weighted by atomic mass is 9.99. The van der Waals surface area contributed by atoms with Crippen molar-refractivity contribution in [3.8, 4) is 0 Å². The van der Waals surface area contributed by atoms with Crippen molar-refractivity contribution < 1.29 is 44.2 Å². The first kappa shape index (κ1) is 42.0. The highest BCUT2D eigenvalue weighted by atomic mass is 16.7. The van der Waals surface area contributed by atoms with Crippen LogP contribution in [0, 0.1) is 0 Å². The second-order valence-electron chi connectivity index (χ2n) is 12.7. The largest absolute Gasteiger partial charge is 0.457 e. The molecule has 9 heteroatoms. The van der Waals surface area contributed by atoms with Gasteiger partial charge in [0, 0.05) is 13.0 Å². The van der Waals surface area contributed by atoms with Crippen LogP contribution in [0.2, 0.25) is 0 Å². The van der Waals surface area contributed by atoms with Crippen molar-refractivity contribution >= 4 is 5.97 Å². The van der Waals surface area contributed by atoms with Crippen molar-refractivity contribution in [3.05, 3.63) is 12.2 Å². The molecule has 0 spiro atoms. The highest BCUT2D eigenvalue weighted by Crippen LogP contribution is 2.22. The van der Waals surface area contributed by atoms with E-state index in [0.29, 0.717) is 13.0 Å². The van der Waals surface area contributed by atoms with Gasteiger partial charge in [0.25, 0.3) is 0 Å².